The molecule has 1 N–H and O–H groups in total. The van der Waals surface area contributed by atoms with Crippen LogP contribution in [0, 0.1) is 17.2 Å². The van der Waals surface area contributed by atoms with Crippen LogP contribution in [0.5, 0.6) is 0 Å². The van der Waals surface area contributed by atoms with E-state index in [9.17, 15) is 14.0 Å². The minimum atomic E-state index is -0.595. The molecular formula is C15H18FN3O3. The zero-order valence-electron chi connectivity index (χ0n) is 12.3. The van der Waals surface area contributed by atoms with Crippen molar-refractivity contribution in [3.8, 4) is 0 Å². The molecule has 22 heavy (non-hydrogen) atoms. The number of likely N-dealkylation sites (tertiary alicyclic amines) is 1. The summed E-state index contributed by atoms with van der Waals surface area (Å²) in [5.41, 5.74) is -0.407. The van der Waals surface area contributed by atoms with E-state index in [2.05, 4.69) is 10.3 Å². The van der Waals surface area contributed by atoms with Crippen LogP contribution >= 0.6 is 0 Å². The molecule has 0 bridgehead atoms. The summed E-state index contributed by atoms with van der Waals surface area (Å²) in [5, 5.41) is 2.71. The first-order valence-corrected chi connectivity index (χ1v) is 7.27. The molecule has 0 aliphatic carbocycles. The number of pyridine rings is 1. The van der Waals surface area contributed by atoms with Gasteiger partial charge in [0.25, 0.3) is 5.91 Å². The standard InChI is InChI=1S/C15H18FN3O3/c1-17-14(21)15-4-5-22-8-10(15)7-19(9-15)13(20)12-3-2-11(16)6-18-12/h2-3,6,10H,4-5,7-9H2,1H3,(H,17,21)/t10-,15+/m1/s1. The van der Waals surface area contributed by atoms with Crippen LogP contribution in [-0.4, -0.2) is 55.0 Å². The van der Waals surface area contributed by atoms with Gasteiger partial charge < -0.3 is 15.0 Å². The van der Waals surface area contributed by atoms with Gasteiger partial charge in [0.05, 0.1) is 18.2 Å². The van der Waals surface area contributed by atoms with Crippen molar-refractivity contribution in [2.24, 2.45) is 11.3 Å². The number of carbonyl (C=O) groups excluding carboxylic acids is 2. The number of nitrogens with one attached hydrogen (secondary N) is 1. The van der Waals surface area contributed by atoms with E-state index in [0.717, 1.165) is 6.20 Å². The largest absolute Gasteiger partial charge is 0.381 e. The second-order valence-electron chi connectivity index (χ2n) is 5.80. The summed E-state index contributed by atoms with van der Waals surface area (Å²) >= 11 is 0. The van der Waals surface area contributed by atoms with Crippen LogP contribution in [0.3, 0.4) is 0 Å². The molecule has 2 saturated heterocycles. The summed E-state index contributed by atoms with van der Waals surface area (Å²) in [6, 6.07) is 2.57. The SMILES string of the molecule is CNC(=O)[C@]12CCOC[C@H]1CN(C(=O)c1ccc(F)cn1)C2. The summed E-state index contributed by atoms with van der Waals surface area (Å²) in [7, 11) is 1.61. The highest BCUT2D eigenvalue weighted by atomic mass is 19.1. The number of hydrogen-bond acceptors (Lipinski definition) is 4. The Kier molecular flexibility index (Phi) is 3.82. The maximum atomic E-state index is 12.9. The molecule has 2 fully saturated rings. The van der Waals surface area contributed by atoms with Gasteiger partial charge in [0, 0.05) is 32.7 Å². The number of halogens is 1. The molecule has 2 amide bonds. The van der Waals surface area contributed by atoms with Gasteiger partial charge in [0.15, 0.2) is 0 Å². The number of carbonyl (C=O) groups is 2. The van der Waals surface area contributed by atoms with Crippen molar-refractivity contribution >= 4 is 11.8 Å². The number of aromatic nitrogens is 1. The molecule has 7 heteroatoms. The van der Waals surface area contributed by atoms with Crippen molar-refractivity contribution in [3.05, 3.63) is 29.8 Å². The molecule has 3 rings (SSSR count). The smallest absolute Gasteiger partial charge is 0.272 e. The van der Waals surface area contributed by atoms with Gasteiger partial charge in [-0.3, -0.25) is 9.59 Å². The third-order valence-electron chi connectivity index (χ3n) is 4.62. The highest BCUT2D eigenvalue weighted by Crippen LogP contribution is 2.42. The molecular weight excluding hydrogens is 289 g/mol. The number of hydrogen-bond donors (Lipinski definition) is 1. The van der Waals surface area contributed by atoms with Crippen molar-refractivity contribution in [2.45, 2.75) is 6.42 Å². The van der Waals surface area contributed by atoms with Gasteiger partial charge in [-0.15, -0.1) is 0 Å². The number of nitrogens with zero attached hydrogens (tertiary/aromatic N) is 2. The number of ether oxygens (including phenoxy) is 1. The van der Waals surface area contributed by atoms with E-state index in [1.165, 1.54) is 12.1 Å². The normalized spacial score (nSPS) is 27.4. The van der Waals surface area contributed by atoms with Crippen molar-refractivity contribution in [2.75, 3.05) is 33.4 Å². The van der Waals surface area contributed by atoms with E-state index in [-0.39, 0.29) is 23.4 Å². The van der Waals surface area contributed by atoms with Gasteiger partial charge in [0.1, 0.15) is 11.5 Å². The fourth-order valence-electron chi connectivity index (χ4n) is 3.39. The number of amides is 2. The third kappa shape index (κ3) is 2.35. The van der Waals surface area contributed by atoms with Crippen molar-refractivity contribution in [1.29, 1.82) is 0 Å². The summed E-state index contributed by atoms with van der Waals surface area (Å²) < 4.78 is 18.4. The molecule has 2 aliphatic heterocycles. The summed E-state index contributed by atoms with van der Waals surface area (Å²) in [6.45, 7) is 1.78. The minimum absolute atomic E-state index is 0.0226. The number of fused-ring (bicyclic) bond motifs is 1. The Morgan fingerprint density at radius 2 is 2.32 bits per heavy atom. The first kappa shape index (κ1) is 14.9. The third-order valence-corrected chi connectivity index (χ3v) is 4.62. The number of rotatable bonds is 2. The predicted octanol–water partition coefficient (Wildman–Crippen LogP) is 0.445. The Morgan fingerprint density at radius 1 is 1.50 bits per heavy atom. The van der Waals surface area contributed by atoms with E-state index in [4.69, 9.17) is 4.74 Å². The Bertz CT molecular complexity index is 592. The molecule has 1 aromatic rings. The van der Waals surface area contributed by atoms with Crippen molar-refractivity contribution in [3.63, 3.8) is 0 Å². The average Bonchev–Trinajstić information content (AvgIpc) is 2.95. The van der Waals surface area contributed by atoms with E-state index in [1.807, 2.05) is 0 Å². The first-order valence-electron chi connectivity index (χ1n) is 7.27. The molecule has 0 saturated carbocycles. The van der Waals surface area contributed by atoms with Gasteiger partial charge in [-0.25, -0.2) is 9.37 Å². The lowest BCUT2D eigenvalue weighted by Gasteiger charge is -2.36. The second-order valence-corrected chi connectivity index (χ2v) is 5.80. The molecule has 6 nitrogen and oxygen atoms in total. The van der Waals surface area contributed by atoms with Crippen LogP contribution in [0.15, 0.2) is 18.3 Å². The Balaban J connectivity index is 1.83. The zero-order chi connectivity index (χ0) is 15.7. The first-order chi connectivity index (χ1) is 10.6. The molecule has 2 atom stereocenters. The lowest BCUT2D eigenvalue weighted by atomic mass is 9.73. The van der Waals surface area contributed by atoms with Crippen LogP contribution < -0.4 is 5.32 Å². The van der Waals surface area contributed by atoms with Crippen LogP contribution in [0.2, 0.25) is 0 Å². The fourth-order valence-corrected chi connectivity index (χ4v) is 3.39. The van der Waals surface area contributed by atoms with Gasteiger partial charge >= 0.3 is 0 Å². The van der Waals surface area contributed by atoms with Crippen molar-refractivity contribution in [1.82, 2.24) is 15.2 Å². The molecule has 118 valence electrons. The van der Waals surface area contributed by atoms with Crippen LogP contribution in [0.4, 0.5) is 4.39 Å². The molecule has 0 spiro atoms. The second kappa shape index (κ2) is 5.64. The highest BCUT2D eigenvalue weighted by Gasteiger charge is 2.54. The van der Waals surface area contributed by atoms with Crippen LogP contribution in [0.25, 0.3) is 0 Å². The predicted molar refractivity (Wildman–Crippen MR) is 75.5 cm³/mol. The Hall–Kier alpha value is -2.02. The fraction of sp³-hybridized carbons (Fsp3) is 0.533. The Labute approximate surface area is 127 Å². The highest BCUT2D eigenvalue weighted by molar-refractivity contribution is 5.94. The van der Waals surface area contributed by atoms with Gasteiger partial charge in [-0.2, -0.15) is 0 Å². The zero-order valence-corrected chi connectivity index (χ0v) is 12.3. The molecule has 0 unspecified atom stereocenters. The van der Waals surface area contributed by atoms with Gasteiger partial charge in [0.2, 0.25) is 5.91 Å². The lowest BCUT2D eigenvalue weighted by Crippen LogP contribution is -2.49. The monoisotopic (exact) mass is 307 g/mol. The maximum absolute atomic E-state index is 12.9. The molecule has 2 aliphatic rings. The average molecular weight is 307 g/mol. The van der Waals surface area contributed by atoms with E-state index >= 15 is 0 Å². The topological polar surface area (TPSA) is 71.5 Å². The molecule has 3 heterocycles. The summed E-state index contributed by atoms with van der Waals surface area (Å²) in [6.07, 6.45) is 1.62. The molecule has 1 aromatic heterocycles. The van der Waals surface area contributed by atoms with E-state index in [0.29, 0.717) is 32.7 Å². The van der Waals surface area contributed by atoms with E-state index in [1.54, 1.807) is 11.9 Å². The van der Waals surface area contributed by atoms with Crippen molar-refractivity contribution < 1.29 is 18.7 Å². The maximum Gasteiger partial charge on any atom is 0.272 e. The van der Waals surface area contributed by atoms with Crippen LogP contribution in [0.1, 0.15) is 16.9 Å². The lowest BCUT2D eigenvalue weighted by molar-refractivity contribution is -0.138. The molecule has 0 aromatic carbocycles. The van der Waals surface area contributed by atoms with Crippen LogP contribution in [-0.2, 0) is 9.53 Å². The Morgan fingerprint density at radius 3 is 3.00 bits per heavy atom. The van der Waals surface area contributed by atoms with Gasteiger partial charge in [-0.1, -0.05) is 0 Å². The summed E-state index contributed by atoms with van der Waals surface area (Å²) in [5.74, 6) is -0.840. The van der Waals surface area contributed by atoms with E-state index < -0.39 is 11.2 Å². The minimum Gasteiger partial charge on any atom is -0.381 e. The quantitative estimate of drug-likeness (QED) is 0.861. The summed E-state index contributed by atoms with van der Waals surface area (Å²) in [4.78, 5) is 30.3. The van der Waals surface area contributed by atoms with Gasteiger partial charge in [-0.05, 0) is 18.6 Å². The molecule has 0 radical (unpaired) electrons.